The van der Waals surface area contributed by atoms with Crippen LogP contribution in [0.5, 0.6) is 0 Å². The molecule has 0 spiro atoms. The highest BCUT2D eigenvalue weighted by Crippen LogP contribution is 2.51. The fraction of sp³-hybridized carbons (Fsp3) is 0.0909. The van der Waals surface area contributed by atoms with E-state index in [1.807, 2.05) is 6.08 Å². The summed E-state index contributed by atoms with van der Waals surface area (Å²) in [5.41, 5.74) is 20.2. The Kier molecular flexibility index (Phi) is 9.73. The van der Waals surface area contributed by atoms with Gasteiger partial charge in [-0.15, -0.1) is 0 Å². The quantitative estimate of drug-likeness (QED) is 0.125. The first-order chi connectivity index (χ1) is 34.1. The maximum absolute atomic E-state index is 4.46. The van der Waals surface area contributed by atoms with Gasteiger partial charge < -0.3 is 13.9 Å². The standard InChI is InChI=1S/C66H51N3/c1-4-46(19-17-18-43-30-35-48(36-31-43)68-62-26-13-9-22-55(62)56-23-10-14-27-63(56)68)67(49-41-60-57-24-11-15-28-64(57)69-65-29-16-12-25-58(65)61(42-49)66(60)69)47-37-32-44(33-38-47)45-34-39-54-53-21-8-7-20-52(53)50(5-2)51(6-3)59(54)40-45/h4-19,21-32,34-37,39,41-42,52,59H,1-3,20,33,38,40H2. The second-order valence-corrected chi connectivity index (χ2v) is 18.8. The van der Waals surface area contributed by atoms with E-state index in [0.717, 1.165) is 48.3 Å². The van der Waals surface area contributed by atoms with Gasteiger partial charge in [0.15, 0.2) is 0 Å². The van der Waals surface area contributed by atoms with Gasteiger partial charge in [0.05, 0.1) is 27.6 Å². The van der Waals surface area contributed by atoms with Crippen molar-refractivity contribution >= 4 is 71.7 Å². The lowest BCUT2D eigenvalue weighted by Gasteiger charge is -2.40. The summed E-state index contributed by atoms with van der Waals surface area (Å²) >= 11 is 0. The molecular weight excluding hydrogens is 835 g/mol. The minimum atomic E-state index is 0.281. The molecule has 3 heteroatoms. The molecule has 69 heavy (non-hydrogen) atoms. The smallest absolute Gasteiger partial charge is 0.0622 e. The summed E-state index contributed by atoms with van der Waals surface area (Å²) in [5.74, 6) is 0.640. The SMILES string of the molecule is C=CC(=CC=Cc1ccc(-n2c3ccccc3c3ccccc32)cc1)N(C1=CC=C(C2=CC=C3C4=CC=CCC4C(C=C)=C(C=C)C3C2)CC1)c1cc2c3ccccc3n3c4ccccc4c(c1)c23. The first kappa shape index (κ1) is 40.8. The minimum absolute atomic E-state index is 0.281. The predicted octanol–water partition coefficient (Wildman–Crippen LogP) is 17.2. The highest BCUT2D eigenvalue weighted by molar-refractivity contribution is 6.24. The number of anilines is 1. The number of aromatic nitrogens is 2. The monoisotopic (exact) mass is 885 g/mol. The van der Waals surface area contributed by atoms with E-state index in [1.165, 1.54) is 99.0 Å². The second kappa shape index (κ2) is 16.4. The summed E-state index contributed by atoms with van der Waals surface area (Å²) in [6, 6.07) is 48.7. The Bertz CT molecular complexity index is 3810. The zero-order valence-electron chi connectivity index (χ0n) is 38.7. The van der Waals surface area contributed by atoms with Crippen molar-refractivity contribution in [1.82, 2.24) is 8.97 Å². The lowest BCUT2D eigenvalue weighted by atomic mass is 9.64. The third kappa shape index (κ3) is 6.41. The maximum Gasteiger partial charge on any atom is 0.0622 e. The van der Waals surface area contributed by atoms with E-state index in [9.17, 15) is 0 Å². The summed E-state index contributed by atoms with van der Waals surface area (Å²) in [5, 5.41) is 7.57. The normalized spacial score (nSPS) is 18.4. The molecule has 6 aromatic carbocycles. The van der Waals surface area contributed by atoms with Crippen LogP contribution in [0.2, 0.25) is 0 Å². The highest BCUT2D eigenvalue weighted by Gasteiger charge is 2.36. The third-order valence-corrected chi connectivity index (χ3v) is 15.3. The highest BCUT2D eigenvalue weighted by atomic mass is 15.2. The topological polar surface area (TPSA) is 12.6 Å². The Labute approximate surface area is 403 Å². The third-order valence-electron chi connectivity index (χ3n) is 15.3. The fourth-order valence-electron chi connectivity index (χ4n) is 12.2. The summed E-state index contributed by atoms with van der Waals surface area (Å²) in [6.07, 6.45) is 32.9. The molecule has 4 aliphatic carbocycles. The number of rotatable bonds is 10. The van der Waals surface area contributed by atoms with Gasteiger partial charge in [0.2, 0.25) is 0 Å². The van der Waals surface area contributed by atoms with Gasteiger partial charge in [-0.1, -0.05) is 165 Å². The van der Waals surface area contributed by atoms with E-state index in [1.54, 1.807) is 0 Å². The lowest BCUT2D eigenvalue weighted by Crippen LogP contribution is -2.26. The number of benzene rings is 6. The van der Waals surface area contributed by atoms with Crippen molar-refractivity contribution in [2.45, 2.75) is 25.7 Å². The van der Waals surface area contributed by atoms with Crippen molar-refractivity contribution in [2.75, 3.05) is 4.90 Å². The van der Waals surface area contributed by atoms with E-state index in [0.29, 0.717) is 5.92 Å². The van der Waals surface area contributed by atoms with E-state index in [-0.39, 0.29) is 5.92 Å². The molecule has 0 saturated heterocycles. The fourth-order valence-corrected chi connectivity index (χ4v) is 12.2. The number of fused-ring (bicyclic) bond motifs is 12. The zero-order chi connectivity index (χ0) is 46.2. The average Bonchev–Trinajstić information content (AvgIpc) is 4.05. The van der Waals surface area contributed by atoms with E-state index < -0.39 is 0 Å². The van der Waals surface area contributed by atoms with Gasteiger partial charge in [0.1, 0.15) is 0 Å². The van der Waals surface area contributed by atoms with Crippen molar-refractivity contribution in [3.8, 4) is 5.69 Å². The molecule has 2 unspecified atom stereocenters. The van der Waals surface area contributed by atoms with Gasteiger partial charge >= 0.3 is 0 Å². The Morgan fingerprint density at radius 1 is 0.565 bits per heavy atom. The molecule has 2 atom stereocenters. The number of hydrogen-bond acceptors (Lipinski definition) is 1. The molecular formula is C66H51N3. The minimum Gasteiger partial charge on any atom is -0.314 e. The Morgan fingerprint density at radius 2 is 1.14 bits per heavy atom. The van der Waals surface area contributed by atoms with Gasteiger partial charge in [0, 0.05) is 66.9 Å². The van der Waals surface area contributed by atoms with Crippen LogP contribution in [0, 0.1) is 11.8 Å². The number of nitrogens with zero attached hydrogens (tertiary/aromatic N) is 3. The maximum atomic E-state index is 4.46. The molecule has 3 nitrogen and oxygen atoms in total. The van der Waals surface area contributed by atoms with E-state index >= 15 is 0 Å². The Morgan fingerprint density at radius 3 is 1.75 bits per heavy atom. The molecule has 0 amide bonds. The molecule has 330 valence electrons. The van der Waals surface area contributed by atoms with Crippen LogP contribution in [0.15, 0.2) is 271 Å². The van der Waals surface area contributed by atoms with Crippen LogP contribution >= 0.6 is 0 Å². The van der Waals surface area contributed by atoms with E-state index in [4.69, 9.17) is 0 Å². The molecule has 3 heterocycles. The van der Waals surface area contributed by atoms with Gasteiger partial charge in [0.25, 0.3) is 0 Å². The summed E-state index contributed by atoms with van der Waals surface area (Å²) in [4.78, 5) is 2.45. The van der Waals surface area contributed by atoms with Crippen molar-refractivity contribution in [3.63, 3.8) is 0 Å². The van der Waals surface area contributed by atoms with Crippen LogP contribution in [0.25, 0.3) is 71.7 Å². The van der Waals surface area contributed by atoms with Crippen molar-refractivity contribution < 1.29 is 0 Å². The molecule has 0 saturated carbocycles. The van der Waals surface area contributed by atoms with Crippen molar-refractivity contribution in [3.05, 3.63) is 277 Å². The number of hydrogen-bond donors (Lipinski definition) is 0. The zero-order valence-corrected chi connectivity index (χ0v) is 38.7. The molecule has 0 bridgehead atoms. The summed E-state index contributed by atoms with van der Waals surface area (Å²) in [6.45, 7) is 13.1. The van der Waals surface area contributed by atoms with Crippen molar-refractivity contribution in [2.24, 2.45) is 11.8 Å². The predicted molar refractivity (Wildman–Crippen MR) is 294 cm³/mol. The summed E-state index contributed by atoms with van der Waals surface area (Å²) in [7, 11) is 0. The van der Waals surface area contributed by atoms with Crippen LogP contribution in [-0.4, -0.2) is 8.97 Å². The molecule has 13 rings (SSSR count). The lowest BCUT2D eigenvalue weighted by molar-refractivity contribution is 0.606. The first-order valence-corrected chi connectivity index (χ1v) is 24.3. The number of para-hydroxylation sites is 4. The largest absolute Gasteiger partial charge is 0.314 e. The second-order valence-electron chi connectivity index (χ2n) is 18.8. The van der Waals surface area contributed by atoms with E-state index in [2.05, 4.69) is 240 Å². The molecule has 0 fully saturated rings. The van der Waals surface area contributed by atoms with Crippen LogP contribution in [0.1, 0.15) is 31.2 Å². The molecule has 4 aliphatic rings. The van der Waals surface area contributed by atoms with Gasteiger partial charge in [-0.3, -0.25) is 0 Å². The number of allylic oxidation sites excluding steroid dienone is 19. The van der Waals surface area contributed by atoms with Crippen LogP contribution < -0.4 is 4.90 Å². The molecule has 3 aromatic heterocycles. The van der Waals surface area contributed by atoms with Gasteiger partial charge in [-0.05, 0) is 131 Å². The molecule has 0 N–H and O–H groups in total. The average molecular weight is 886 g/mol. The summed E-state index contributed by atoms with van der Waals surface area (Å²) < 4.78 is 4.82. The Balaban J connectivity index is 0.899. The Hall–Kier alpha value is -8.40. The molecule has 0 radical (unpaired) electrons. The first-order valence-electron chi connectivity index (χ1n) is 24.3. The van der Waals surface area contributed by atoms with Gasteiger partial charge in [-0.2, -0.15) is 0 Å². The molecule has 9 aromatic rings. The van der Waals surface area contributed by atoms with Crippen LogP contribution in [-0.2, 0) is 0 Å². The van der Waals surface area contributed by atoms with Crippen LogP contribution in [0.4, 0.5) is 5.69 Å². The molecule has 0 aliphatic heterocycles. The van der Waals surface area contributed by atoms with Gasteiger partial charge in [-0.25, -0.2) is 0 Å². The van der Waals surface area contributed by atoms with Crippen LogP contribution in [0.3, 0.4) is 0 Å². The van der Waals surface area contributed by atoms with Crippen molar-refractivity contribution in [1.29, 1.82) is 0 Å².